The quantitative estimate of drug-likeness (QED) is 0.865. The van der Waals surface area contributed by atoms with E-state index in [0.717, 1.165) is 16.9 Å². The summed E-state index contributed by atoms with van der Waals surface area (Å²) in [5.41, 5.74) is 2.89. The van der Waals surface area contributed by atoms with Gasteiger partial charge in [0.1, 0.15) is 0 Å². The summed E-state index contributed by atoms with van der Waals surface area (Å²) < 4.78 is 1.77. The summed E-state index contributed by atoms with van der Waals surface area (Å²) >= 11 is 0. The molecule has 1 aromatic heterocycles. The van der Waals surface area contributed by atoms with Gasteiger partial charge in [0.2, 0.25) is 5.91 Å². The number of carbonyl (C=O) groups is 1. The van der Waals surface area contributed by atoms with Crippen molar-refractivity contribution in [2.45, 2.75) is 19.9 Å². The Morgan fingerprint density at radius 2 is 2.16 bits per heavy atom. The van der Waals surface area contributed by atoms with Gasteiger partial charge < -0.3 is 10.6 Å². The molecule has 2 N–H and O–H groups in total. The smallest absolute Gasteiger partial charge is 0.224 e. The molecule has 0 saturated heterocycles. The van der Waals surface area contributed by atoms with Gasteiger partial charge in [-0.15, -0.1) is 0 Å². The molecule has 100 valence electrons. The topological polar surface area (TPSA) is 59.0 Å². The maximum absolute atomic E-state index is 11.3. The first-order valence-corrected chi connectivity index (χ1v) is 6.28. The molecule has 0 fully saturated rings. The minimum Gasteiger partial charge on any atom is -0.381 e. The van der Waals surface area contributed by atoms with E-state index in [0.29, 0.717) is 13.0 Å². The van der Waals surface area contributed by atoms with E-state index >= 15 is 0 Å². The lowest BCUT2D eigenvalue weighted by Crippen LogP contribution is -2.09. The van der Waals surface area contributed by atoms with E-state index in [1.54, 1.807) is 4.68 Å². The monoisotopic (exact) mass is 258 g/mol. The number of hydrogen-bond donors (Lipinski definition) is 2. The van der Waals surface area contributed by atoms with Crippen LogP contribution in [0.2, 0.25) is 0 Å². The molecule has 0 aliphatic heterocycles. The van der Waals surface area contributed by atoms with Crippen LogP contribution in [0.4, 0.5) is 11.4 Å². The van der Waals surface area contributed by atoms with Crippen molar-refractivity contribution in [2.75, 3.05) is 10.6 Å². The van der Waals surface area contributed by atoms with Crippen LogP contribution in [0.3, 0.4) is 0 Å². The first-order chi connectivity index (χ1) is 9.17. The Hall–Kier alpha value is -2.30. The van der Waals surface area contributed by atoms with Gasteiger partial charge in [-0.25, -0.2) is 0 Å². The van der Waals surface area contributed by atoms with Gasteiger partial charge in [-0.2, -0.15) is 5.10 Å². The second-order valence-corrected chi connectivity index (χ2v) is 4.36. The lowest BCUT2D eigenvalue weighted by Gasteiger charge is -2.08. The van der Waals surface area contributed by atoms with Crippen LogP contribution >= 0.6 is 0 Å². The summed E-state index contributed by atoms with van der Waals surface area (Å²) in [4.78, 5) is 11.3. The van der Waals surface area contributed by atoms with Gasteiger partial charge in [0.25, 0.3) is 0 Å². The van der Waals surface area contributed by atoms with Crippen LogP contribution in [-0.2, 0) is 18.4 Å². The highest BCUT2D eigenvalue weighted by Gasteiger charge is 2.01. The van der Waals surface area contributed by atoms with Gasteiger partial charge >= 0.3 is 0 Å². The summed E-state index contributed by atoms with van der Waals surface area (Å²) in [5.74, 6) is 0.0180. The van der Waals surface area contributed by atoms with E-state index in [2.05, 4.69) is 15.7 Å². The molecule has 1 amide bonds. The second-order valence-electron chi connectivity index (χ2n) is 4.36. The number of anilines is 2. The number of amides is 1. The van der Waals surface area contributed by atoms with E-state index in [-0.39, 0.29) is 5.91 Å². The molecule has 5 heteroatoms. The van der Waals surface area contributed by atoms with Crippen molar-refractivity contribution in [2.24, 2.45) is 7.05 Å². The number of aryl methyl sites for hydroxylation is 1. The molecular formula is C14H18N4O. The van der Waals surface area contributed by atoms with E-state index < -0.39 is 0 Å². The lowest BCUT2D eigenvalue weighted by atomic mass is 10.2. The maximum Gasteiger partial charge on any atom is 0.224 e. The van der Waals surface area contributed by atoms with E-state index in [9.17, 15) is 4.79 Å². The number of nitrogens with one attached hydrogen (secondary N) is 2. The molecule has 0 radical (unpaired) electrons. The zero-order valence-corrected chi connectivity index (χ0v) is 11.2. The molecule has 0 unspecified atom stereocenters. The van der Waals surface area contributed by atoms with Crippen molar-refractivity contribution in [3.8, 4) is 0 Å². The lowest BCUT2D eigenvalue weighted by molar-refractivity contribution is -0.115. The molecular weight excluding hydrogens is 240 g/mol. The average Bonchev–Trinajstić information content (AvgIpc) is 2.82. The van der Waals surface area contributed by atoms with Crippen LogP contribution in [0.1, 0.15) is 18.9 Å². The molecule has 0 atom stereocenters. The Morgan fingerprint density at radius 3 is 2.84 bits per heavy atom. The molecule has 0 bridgehead atoms. The van der Waals surface area contributed by atoms with Gasteiger partial charge in [-0.05, 0) is 18.2 Å². The van der Waals surface area contributed by atoms with Gasteiger partial charge in [-0.3, -0.25) is 9.48 Å². The Balaban J connectivity index is 1.97. The summed E-state index contributed by atoms with van der Waals surface area (Å²) in [6, 6.07) is 7.68. The van der Waals surface area contributed by atoms with Gasteiger partial charge in [-0.1, -0.05) is 13.0 Å². The van der Waals surface area contributed by atoms with Gasteiger partial charge in [0, 0.05) is 43.1 Å². The molecule has 0 aliphatic rings. The minimum atomic E-state index is 0.0180. The van der Waals surface area contributed by atoms with Crippen molar-refractivity contribution in [3.63, 3.8) is 0 Å². The Bertz CT molecular complexity index is 562. The fourth-order valence-electron chi connectivity index (χ4n) is 1.72. The van der Waals surface area contributed by atoms with Gasteiger partial charge in [0.15, 0.2) is 0 Å². The third-order valence-corrected chi connectivity index (χ3v) is 2.72. The number of aromatic nitrogens is 2. The van der Waals surface area contributed by atoms with Crippen molar-refractivity contribution in [3.05, 3.63) is 42.2 Å². The minimum absolute atomic E-state index is 0.0180. The molecule has 2 aromatic rings. The highest BCUT2D eigenvalue weighted by Crippen LogP contribution is 2.16. The molecule has 19 heavy (non-hydrogen) atoms. The first kappa shape index (κ1) is 13.1. The van der Waals surface area contributed by atoms with Crippen LogP contribution in [0.5, 0.6) is 0 Å². The van der Waals surface area contributed by atoms with Crippen molar-refractivity contribution < 1.29 is 4.79 Å². The average molecular weight is 258 g/mol. The standard InChI is InChI=1S/C14H18N4O/c1-3-14(19)17-13-6-4-5-12(7-13)15-8-11-9-16-18(2)10-11/h4-7,9-10,15H,3,8H2,1-2H3,(H,17,19). The van der Waals surface area contributed by atoms with Crippen LogP contribution in [0, 0.1) is 0 Å². The van der Waals surface area contributed by atoms with E-state index in [1.165, 1.54) is 0 Å². The van der Waals surface area contributed by atoms with Crippen molar-refractivity contribution >= 4 is 17.3 Å². The van der Waals surface area contributed by atoms with Crippen LogP contribution in [0.15, 0.2) is 36.7 Å². The van der Waals surface area contributed by atoms with Gasteiger partial charge in [0.05, 0.1) is 6.20 Å². The predicted octanol–water partition coefficient (Wildman–Crippen LogP) is 2.38. The zero-order valence-electron chi connectivity index (χ0n) is 11.2. The zero-order chi connectivity index (χ0) is 13.7. The molecule has 5 nitrogen and oxygen atoms in total. The molecule has 2 rings (SSSR count). The predicted molar refractivity (Wildman–Crippen MR) is 75.9 cm³/mol. The molecule has 0 saturated carbocycles. The molecule has 0 aliphatic carbocycles. The number of rotatable bonds is 5. The third-order valence-electron chi connectivity index (χ3n) is 2.72. The largest absolute Gasteiger partial charge is 0.381 e. The Kier molecular flexibility index (Phi) is 4.18. The highest BCUT2D eigenvalue weighted by molar-refractivity contribution is 5.90. The maximum atomic E-state index is 11.3. The molecule has 0 spiro atoms. The summed E-state index contributed by atoms with van der Waals surface area (Å²) in [7, 11) is 1.89. The van der Waals surface area contributed by atoms with Crippen molar-refractivity contribution in [1.82, 2.24) is 9.78 Å². The SMILES string of the molecule is CCC(=O)Nc1cccc(NCc2cnn(C)c2)c1. The summed E-state index contributed by atoms with van der Waals surface area (Å²) in [6.45, 7) is 2.54. The molecule has 1 aromatic carbocycles. The van der Waals surface area contributed by atoms with E-state index in [1.807, 2.05) is 50.6 Å². The Labute approximate surface area is 112 Å². The number of carbonyl (C=O) groups excluding carboxylic acids is 1. The fourth-order valence-corrected chi connectivity index (χ4v) is 1.72. The number of nitrogens with zero attached hydrogens (tertiary/aromatic N) is 2. The van der Waals surface area contributed by atoms with Crippen molar-refractivity contribution in [1.29, 1.82) is 0 Å². The first-order valence-electron chi connectivity index (χ1n) is 6.28. The highest BCUT2D eigenvalue weighted by atomic mass is 16.1. The number of benzene rings is 1. The summed E-state index contributed by atoms with van der Waals surface area (Å²) in [5, 5.41) is 10.3. The fraction of sp³-hybridized carbons (Fsp3) is 0.286. The second kappa shape index (κ2) is 6.04. The Morgan fingerprint density at radius 1 is 1.37 bits per heavy atom. The third kappa shape index (κ3) is 3.84. The van der Waals surface area contributed by atoms with Crippen LogP contribution in [-0.4, -0.2) is 15.7 Å². The molecule has 1 heterocycles. The van der Waals surface area contributed by atoms with E-state index in [4.69, 9.17) is 0 Å². The van der Waals surface area contributed by atoms with Crippen LogP contribution < -0.4 is 10.6 Å². The number of hydrogen-bond acceptors (Lipinski definition) is 3. The normalized spacial score (nSPS) is 10.2. The van der Waals surface area contributed by atoms with Crippen LogP contribution in [0.25, 0.3) is 0 Å². The summed E-state index contributed by atoms with van der Waals surface area (Å²) in [6.07, 6.45) is 4.28.